The van der Waals surface area contributed by atoms with Gasteiger partial charge in [-0.05, 0) is 37.5 Å². The topological polar surface area (TPSA) is 237 Å². The number of ether oxygens (including phenoxy) is 4. The highest BCUT2D eigenvalue weighted by Gasteiger charge is 2.30. The highest BCUT2D eigenvalue weighted by Crippen LogP contribution is 2.45. The molecule has 0 amide bonds. The lowest BCUT2D eigenvalue weighted by atomic mass is 10.0. The SMILES string of the molecule is CCCCCCCCCCCCCCCCCCCCCCC(=O)O[C@H](COC(=O)CCCCCCCCCCCCCCCCC(C)C)COP(=O)(O)OC[C@@H](O)COP(=O)(O)OC[C@@H](COC(=O)CCCCCCCCCC)OC(=O)CCCCCCCCCCCCCCC(C)C. The molecule has 0 spiro atoms. The maximum absolute atomic E-state index is 13.1. The number of phosphoric ester groups is 2. The van der Waals surface area contributed by atoms with Crippen LogP contribution in [0.1, 0.15) is 427 Å². The molecule has 2 unspecified atom stereocenters. The van der Waals surface area contributed by atoms with Gasteiger partial charge in [-0.25, -0.2) is 9.13 Å². The maximum atomic E-state index is 13.1. The third kappa shape index (κ3) is 74.3. The molecule has 0 rings (SSSR count). The molecule has 0 aliphatic heterocycles. The third-order valence-corrected chi connectivity index (χ3v) is 20.9. The Kier molecular flexibility index (Phi) is 71.2. The van der Waals surface area contributed by atoms with Crippen LogP contribution in [0.5, 0.6) is 0 Å². The van der Waals surface area contributed by atoms with Gasteiger partial charge in [0.05, 0.1) is 26.4 Å². The number of aliphatic hydroxyl groups is 1. The Morgan fingerprint density at radius 2 is 0.460 bits per heavy atom. The number of phosphoric acid groups is 2. The van der Waals surface area contributed by atoms with Crippen LogP contribution in [0.4, 0.5) is 0 Å². The molecule has 0 aliphatic rings. The number of rotatable bonds is 80. The molecule has 0 aromatic carbocycles. The van der Waals surface area contributed by atoms with Crippen molar-refractivity contribution in [2.75, 3.05) is 39.6 Å². The number of hydrogen-bond acceptors (Lipinski definition) is 15. The van der Waals surface area contributed by atoms with Crippen molar-refractivity contribution >= 4 is 39.5 Å². The molecule has 0 saturated heterocycles. The molecular weight excluding hydrogens is 1310 g/mol. The Morgan fingerprint density at radius 1 is 0.270 bits per heavy atom. The fourth-order valence-corrected chi connectivity index (χ4v) is 14.1. The zero-order valence-corrected chi connectivity index (χ0v) is 67.3. The Hall–Kier alpha value is -1.94. The summed E-state index contributed by atoms with van der Waals surface area (Å²) < 4.78 is 68.7. The second kappa shape index (κ2) is 72.6. The van der Waals surface area contributed by atoms with Gasteiger partial charge in [0.2, 0.25) is 0 Å². The zero-order valence-electron chi connectivity index (χ0n) is 65.5. The van der Waals surface area contributed by atoms with Gasteiger partial charge < -0.3 is 33.8 Å². The summed E-state index contributed by atoms with van der Waals surface area (Å²) in [6.07, 6.45) is 62.5. The van der Waals surface area contributed by atoms with E-state index in [1.807, 2.05) is 0 Å². The van der Waals surface area contributed by atoms with Crippen molar-refractivity contribution in [3.8, 4) is 0 Å². The Labute approximate surface area is 613 Å². The molecule has 0 bridgehead atoms. The van der Waals surface area contributed by atoms with Gasteiger partial charge in [0.25, 0.3) is 0 Å². The quantitative estimate of drug-likeness (QED) is 0.0222. The first-order valence-corrected chi connectivity index (χ1v) is 45.0. The molecule has 0 radical (unpaired) electrons. The number of hydrogen-bond donors (Lipinski definition) is 3. The van der Waals surface area contributed by atoms with E-state index in [1.54, 1.807) is 0 Å². The summed E-state index contributed by atoms with van der Waals surface area (Å²) in [6.45, 7) is 9.64. The summed E-state index contributed by atoms with van der Waals surface area (Å²) in [5.41, 5.74) is 0. The molecular formula is C81H158O17P2. The van der Waals surface area contributed by atoms with E-state index < -0.39 is 97.5 Å². The number of carbonyl (C=O) groups is 4. The van der Waals surface area contributed by atoms with Crippen LogP contribution in [0.15, 0.2) is 0 Å². The average Bonchev–Trinajstić information content (AvgIpc) is 0.933. The molecule has 17 nitrogen and oxygen atoms in total. The molecule has 0 aromatic heterocycles. The standard InChI is InChI=1S/C81H158O17P2/c1-7-9-11-13-15-17-18-19-20-21-22-23-24-25-30-36-41-47-53-59-65-80(85)98-77(70-92-79(84)64-58-52-46-40-35-29-27-26-28-33-38-43-49-55-61-73(3)4)72-96-100(89,90)94-68-75(82)67-93-99(87,88)95-71-76(69-91-78(83)63-57-51-45-16-14-12-10-8-2)97-81(86)66-60-54-48-42-37-32-31-34-39-44-50-56-62-74(5)6/h73-77,82H,7-72H2,1-6H3,(H,87,88)(H,89,90)/t75-,76+,77+/m0/s1. The lowest BCUT2D eigenvalue weighted by Gasteiger charge is -2.21. The largest absolute Gasteiger partial charge is 0.472 e. The van der Waals surface area contributed by atoms with Crippen LogP contribution in [-0.4, -0.2) is 96.7 Å². The number of unbranched alkanes of at least 4 members (excludes halogenated alkanes) is 50. The van der Waals surface area contributed by atoms with Crippen molar-refractivity contribution < 1.29 is 80.2 Å². The highest BCUT2D eigenvalue weighted by molar-refractivity contribution is 7.47. The Balaban J connectivity index is 5.20. The van der Waals surface area contributed by atoms with Gasteiger partial charge in [0.15, 0.2) is 12.2 Å². The first-order chi connectivity index (χ1) is 48.4. The minimum atomic E-state index is -4.96. The molecule has 0 fully saturated rings. The molecule has 0 aromatic rings. The van der Waals surface area contributed by atoms with Gasteiger partial charge in [-0.1, -0.05) is 375 Å². The summed E-state index contributed by atoms with van der Waals surface area (Å²) >= 11 is 0. The monoisotopic (exact) mass is 1470 g/mol. The Bertz CT molecular complexity index is 1920. The van der Waals surface area contributed by atoms with Crippen molar-refractivity contribution in [1.29, 1.82) is 0 Å². The summed E-state index contributed by atoms with van der Waals surface area (Å²) in [4.78, 5) is 72.9. The van der Waals surface area contributed by atoms with Crippen LogP contribution < -0.4 is 0 Å². The van der Waals surface area contributed by atoms with Crippen LogP contribution in [0.3, 0.4) is 0 Å². The van der Waals surface area contributed by atoms with E-state index in [2.05, 4.69) is 41.5 Å². The predicted molar refractivity (Wildman–Crippen MR) is 409 cm³/mol. The second-order valence-corrected chi connectivity index (χ2v) is 33.0. The van der Waals surface area contributed by atoms with Gasteiger partial charge in [0, 0.05) is 25.7 Å². The van der Waals surface area contributed by atoms with Gasteiger partial charge >= 0.3 is 39.5 Å². The van der Waals surface area contributed by atoms with Crippen molar-refractivity contribution in [1.82, 2.24) is 0 Å². The lowest BCUT2D eigenvalue weighted by molar-refractivity contribution is -0.161. The minimum absolute atomic E-state index is 0.107. The number of carbonyl (C=O) groups excluding carboxylic acids is 4. The van der Waals surface area contributed by atoms with Crippen LogP contribution in [-0.2, 0) is 65.4 Å². The third-order valence-electron chi connectivity index (χ3n) is 19.0. The fraction of sp³-hybridized carbons (Fsp3) is 0.951. The molecule has 100 heavy (non-hydrogen) atoms. The van der Waals surface area contributed by atoms with Crippen LogP contribution in [0, 0.1) is 11.8 Å². The van der Waals surface area contributed by atoms with Crippen LogP contribution in [0.2, 0.25) is 0 Å². The molecule has 0 heterocycles. The summed E-state index contributed by atoms with van der Waals surface area (Å²) in [5.74, 6) is -0.535. The van der Waals surface area contributed by atoms with E-state index >= 15 is 0 Å². The van der Waals surface area contributed by atoms with Gasteiger partial charge in [0.1, 0.15) is 19.3 Å². The van der Waals surface area contributed by atoms with E-state index in [4.69, 9.17) is 37.0 Å². The summed E-state index contributed by atoms with van der Waals surface area (Å²) in [5, 5.41) is 10.6. The molecule has 5 atom stereocenters. The van der Waals surface area contributed by atoms with Crippen molar-refractivity contribution in [2.24, 2.45) is 11.8 Å². The molecule has 0 aliphatic carbocycles. The summed E-state index contributed by atoms with van der Waals surface area (Å²) in [6, 6.07) is 0. The lowest BCUT2D eigenvalue weighted by Crippen LogP contribution is -2.30. The molecule has 594 valence electrons. The van der Waals surface area contributed by atoms with Crippen LogP contribution in [0.25, 0.3) is 0 Å². The second-order valence-electron chi connectivity index (χ2n) is 30.1. The van der Waals surface area contributed by atoms with Crippen molar-refractivity contribution in [3.05, 3.63) is 0 Å². The number of esters is 4. The van der Waals surface area contributed by atoms with Crippen LogP contribution >= 0.6 is 15.6 Å². The van der Waals surface area contributed by atoms with Gasteiger partial charge in [-0.3, -0.25) is 37.3 Å². The molecule has 19 heteroatoms. The van der Waals surface area contributed by atoms with E-state index in [0.717, 1.165) is 108 Å². The zero-order chi connectivity index (χ0) is 73.5. The van der Waals surface area contributed by atoms with Gasteiger partial charge in [-0.2, -0.15) is 0 Å². The average molecular weight is 1470 g/mol. The first-order valence-electron chi connectivity index (χ1n) is 42.0. The smallest absolute Gasteiger partial charge is 0.462 e. The Morgan fingerprint density at radius 3 is 0.680 bits per heavy atom. The fourth-order valence-electron chi connectivity index (χ4n) is 12.5. The maximum Gasteiger partial charge on any atom is 0.472 e. The first kappa shape index (κ1) is 98.1. The van der Waals surface area contributed by atoms with E-state index in [1.165, 1.54) is 238 Å². The summed E-state index contributed by atoms with van der Waals surface area (Å²) in [7, 11) is -9.92. The molecule has 3 N–H and O–H groups in total. The van der Waals surface area contributed by atoms with Crippen molar-refractivity contribution in [3.63, 3.8) is 0 Å². The molecule has 0 saturated carbocycles. The van der Waals surface area contributed by atoms with Crippen molar-refractivity contribution in [2.45, 2.75) is 445 Å². The van der Waals surface area contributed by atoms with Gasteiger partial charge in [-0.15, -0.1) is 0 Å². The highest BCUT2D eigenvalue weighted by atomic mass is 31.2. The number of aliphatic hydroxyl groups excluding tert-OH is 1. The van der Waals surface area contributed by atoms with E-state index in [0.29, 0.717) is 25.7 Å². The predicted octanol–water partition coefficient (Wildman–Crippen LogP) is 24.3. The minimum Gasteiger partial charge on any atom is -0.462 e. The normalized spacial score (nSPS) is 13.9. The van der Waals surface area contributed by atoms with E-state index in [9.17, 15) is 43.2 Å². The van der Waals surface area contributed by atoms with E-state index in [-0.39, 0.29) is 25.7 Å².